The summed E-state index contributed by atoms with van der Waals surface area (Å²) >= 11 is 0. The molecular weight excluding hydrogens is 226 g/mol. The van der Waals surface area contributed by atoms with Crippen LogP contribution < -0.4 is 5.32 Å². The molecule has 0 amide bonds. The van der Waals surface area contributed by atoms with Gasteiger partial charge in [0.05, 0.1) is 0 Å². The Morgan fingerprint density at radius 3 is 2.81 bits per heavy atom. The Labute approximate surface area is 99.5 Å². The van der Waals surface area contributed by atoms with Crippen molar-refractivity contribution < 1.29 is 4.52 Å². The predicted octanol–water partition coefficient (Wildman–Crippen LogP) is 2.07. The van der Waals surface area contributed by atoms with Gasteiger partial charge in [0.1, 0.15) is 0 Å². The van der Waals surface area contributed by atoms with E-state index in [2.05, 4.69) is 27.6 Å². The molecule has 0 radical (unpaired) electrons. The molecule has 4 nitrogen and oxygen atoms in total. The maximum atomic E-state index is 5.13. The number of benzene rings is 1. The molecule has 0 fully saturated rings. The fourth-order valence-electron chi connectivity index (χ4n) is 1.84. The van der Waals surface area contributed by atoms with Gasteiger partial charge >= 0.3 is 0 Å². The number of nitrogens with one attached hydrogen (secondary N) is 1. The largest absolute Gasteiger partial charge is 0.334 e. The highest BCUT2D eigenvalue weighted by Crippen LogP contribution is 2.23. The zero-order valence-electron chi connectivity index (χ0n) is 8.86. The average molecular weight is 238 g/mol. The van der Waals surface area contributed by atoms with Crippen LogP contribution in [0.4, 0.5) is 0 Å². The van der Waals surface area contributed by atoms with Crippen LogP contribution in [-0.4, -0.2) is 10.1 Å². The van der Waals surface area contributed by atoms with Crippen molar-refractivity contribution in [2.75, 3.05) is 0 Å². The molecule has 1 aliphatic heterocycles. The summed E-state index contributed by atoms with van der Waals surface area (Å²) in [4.78, 5) is 4.21. The highest BCUT2D eigenvalue weighted by molar-refractivity contribution is 5.85. The lowest BCUT2D eigenvalue weighted by Gasteiger charge is -1.99. The van der Waals surface area contributed by atoms with Crippen molar-refractivity contribution in [2.45, 2.75) is 20.0 Å². The first-order valence-corrected chi connectivity index (χ1v) is 4.96. The van der Waals surface area contributed by atoms with Crippen LogP contribution in [0.25, 0.3) is 11.5 Å². The Bertz CT molecular complexity index is 510. The van der Waals surface area contributed by atoms with Gasteiger partial charge in [-0.3, -0.25) is 0 Å². The van der Waals surface area contributed by atoms with E-state index in [-0.39, 0.29) is 12.4 Å². The van der Waals surface area contributed by atoms with Crippen LogP contribution >= 0.6 is 12.4 Å². The van der Waals surface area contributed by atoms with Crippen LogP contribution in [0.3, 0.4) is 0 Å². The molecule has 0 saturated heterocycles. The van der Waals surface area contributed by atoms with Gasteiger partial charge in [-0.1, -0.05) is 11.2 Å². The standard InChI is InChI=1S/C11H11N3O.ClH/c1-7-13-11(15-14-7)8-2-3-9-5-12-6-10(9)4-8;/h2-4,12H,5-6H2,1H3;1H. The molecule has 1 aromatic heterocycles. The first-order valence-electron chi connectivity index (χ1n) is 4.96. The number of aryl methyl sites for hydroxylation is 1. The van der Waals surface area contributed by atoms with Crippen LogP contribution in [0.1, 0.15) is 17.0 Å². The molecule has 1 N–H and O–H groups in total. The second kappa shape index (κ2) is 4.23. The zero-order valence-corrected chi connectivity index (χ0v) is 9.67. The van der Waals surface area contributed by atoms with Gasteiger partial charge in [0, 0.05) is 18.7 Å². The van der Waals surface area contributed by atoms with E-state index in [9.17, 15) is 0 Å². The quantitative estimate of drug-likeness (QED) is 0.825. The Morgan fingerprint density at radius 1 is 1.25 bits per heavy atom. The molecule has 0 bridgehead atoms. The van der Waals surface area contributed by atoms with Crippen molar-refractivity contribution in [2.24, 2.45) is 0 Å². The van der Waals surface area contributed by atoms with Crippen molar-refractivity contribution in [3.63, 3.8) is 0 Å². The lowest BCUT2D eigenvalue weighted by Crippen LogP contribution is -1.99. The Kier molecular flexibility index (Phi) is 2.94. The molecule has 16 heavy (non-hydrogen) atoms. The fourth-order valence-corrected chi connectivity index (χ4v) is 1.84. The van der Waals surface area contributed by atoms with Gasteiger partial charge in [0.25, 0.3) is 5.89 Å². The first kappa shape index (κ1) is 11.1. The van der Waals surface area contributed by atoms with E-state index in [1.807, 2.05) is 13.0 Å². The maximum absolute atomic E-state index is 5.13. The summed E-state index contributed by atoms with van der Waals surface area (Å²) in [6.07, 6.45) is 0. The minimum atomic E-state index is 0. The van der Waals surface area contributed by atoms with Gasteiger partial charge in [-0.05, 0) is 30.2 Å². The van der Waals surface area contributed by atoms with Gasteiger partial charge in [0.15, 0.2) is 5.82 Å². The molecule has 1 aromatic carbocycles. The summed E-state index contributed by atoms with van der Waals surface area (Å²) < 4.78 is 5.13. The number of aromatic nitrogens is 2. The lowest BCUT2D eigenvalue weighted by molar-refractivity contribution is 0.425. The summed E-state index contributed by atoms with van der Waals surface area (Å²) in [5.41, 5.74) is 3.68. The summed E-state index contributed by atoms with van der Waals surface area (Å²) in [5.74, 6) is 1.27. The molecule has 0 atom stereocenters. The highest BCUT2D eigenvalue weighted by atomic mass is 35.5. The third kappa shape index (κ3) is 1.81. The van der Waals surface area contributed by atoms with Crippen LogP contribution in [-0.2, 0) is 13.1 Å². The van der Waals surface area contributed by atoms with Crippen molar-refractivity contribution >= 4 is 12.4 Å². The van der Waals surface area contributed by atoms with Gasteiger partial charge in [-0.25, -0.2) is 0 Å². The molecule has 0 spiro atoms. The van der Waals surface area contributed by atoms with E-state index in [0.29, 0.717) is 11.7 Å². The first-order chi connectivity index (χ1) is 7.33. The van der Waals surface area contributed by atoms with Crippen molar-refractivity contribution in [3.05, 3.63) is 35.2 Å². The molecule has 84 valence electrons. The minimum Gasteiger partial charge on any atom is -0.334 e. The number of hydrogen-bond acceptors (Lipinski definition) is 4. The second-order valence-electron chi connectivity index (χ2n) is 3.73. The van der Waals surface area contributed by atoms with E-state index in [1.54, 1.807) is 0 Å². The van der Waals surface area contributed by atoms with Gasteiger partial charge in [-0.15, -0.1) is 12.4 Å². The van der Waals surface area contributed by atoms with E-state index in [0.717, 1.165) is 18.7 Å². The lowest BCUT2D eigenvalue weighted by atomic mass is 10.1. The number of rotatable bonds is 1. The van der Waals surface area contributed by atoms with Crippen molar-refractivity contribution in [3.8, 4) is 11.5 Å². The van der Waals surface area contributed by atoms with Crippen LogP contribution in [0.2, 0.25) is 0 Å². The second-order valence-corrected chi connectivity index (χ2v) is 3.73. The van der Waals surface area contributed by atoms with E-state index < -0.39 is 0 Å². The summed E-state index contributed by atoms with van der Waals surface area (Å²) in [5, 5.41) is 7.09. The Hall–Kier alpha value is -1.39. The van der Waals surface area contributed by atoms with Crippen molar-refractivity contribution in [1.29, 1.82) is 0 Å². The van der Waals surface area contributed by atoms with Crippen LogP contribution in [0.5, 0.6) is 0 Å². The average Bonchev–Trinajstić information content (AvgIpc) is 2.84. The maximum Gasteiger partial charge on any atom is 0.257 e. The van der Waals surface area contributed by atoms with Gasteiger partial charge in [0.2, 0.25) is 0 Å². The fraction of sp³-hybridized carbons (Fsp3) is 0.273. The van der Waals surface area contributed by atoms with Crippen LogP contribution in [0.15, 0.2) is 22.7 Å². The number of halogens is 1. The Balaban J connectivity index is 0.000000963. The smallest absolute Gasteiger partial charge is 0.257 e. The van der Waals surface area contributed by atoms with E-state index in [1.165, 1.54) is 11.1 Å². The van der Waals surface area contributed by atoms with E-state index in [4.69, 9.17) is 4.52 Å². The number of hydrogen-bond donors (Lipinski definition) is 1. The molecule has 3 rings (SSSR count). The summed E-state index contributed by atoms with van der Waals surface area (Å²) in [7, 11) is 0. The van der Waals surface area contributed by atoms with Crippen molar-refractivity contribution in [1.82, 2.24) is 15.5 Å². The van der Waals surface area contributed by atoms with E-state index >= 15 is 0 Å². The molecular formula is C11H12ClN3O. The monoisotopic (exact) mass is 237 g/mol. The third-order valence-electron chi connectivity index (χ3n) is 2.61. The highest BCUT2D eigenvalue weighted by Gasteiger charge is 2.13. The van der Waals surface area contributed by atoms with Gasteiger partial charge < -0.3 is 9.84 Å². The molecule has 1 aliphatic rings. The molecule has 2 heterocycles. The predicted molar refractivity (Wildman–Crippen MR) is 62.3 cm³/mol. The Morgan fingerprint density at radius 2 is 2.06 bits per heavy atom. The normalized spacial score (nSPS) is 13.3. The summed E-state index contributed by atoms with van der Waals surface area (Å²) in [6.45, 7) is 3.71. The molecule has 2 aromatic rings. The van der Waals surface area contributed by atoms with Gasteiger partial charge in [-0.2, -0.15) is 4.98 Å². The number of fused-ring (bicyclic) bond motifs is 1. The SMILES string of the molecule is Cc1noc(-c2ccc3c(c2)CNC3)n1.Cl. The topological polar surface area (TPSA) is 51.0 Å². The zero-order chi connectivity index (χ0) is 10.3. The minimum absolute atomic E-state index is 0. The molecule has 0 unspecified atom stereocenters. The molecule has 0 aliphatic carbocycles. The number of nitrogens with zero attached hydrogens (tertiary/aromatic N) is 2. The molecule has 5 heteroatoms. The summed E-state index contributed by atoms with van der Waals surface area (Å²) in [6, 6.07) is 6.26. The van der Waals surface area contributed by atoms with Crippen LogP contribution in [0, 0.1) is 6.92 Å². The molecule has 0 saturated carbocycles. The third-order valence-corrected chi connectivity index (χ3v) is 2.61.